The van der Waals surface area contributed by atoms with Crippen molar-refractivity contribution in [3.05, 3.63) is 24.3 Å². The maximum atomic E-state index is 12.6. The van der Waals surface area contributed by atoms with Crippen molar-refractivity contribution in [3.63, 3.8) is 0 Å². The van der Waals surface area contributed by atoms with Gasteiger partial charge in [-0.05, 0) is 43.2 Å². The largest absolute Gasteiger partial charge is 0.381 e. The molecule has 3 unspecified atom stereocenters. The minimum absolute atomic E-state index is 0.448. The molecule has 0 heterocycles. The Morgan fingerprint density at radius 3 is 2.57 bits per heavy atom. The van der Waals surface area contributed by atoms with E-state index in [1.165, 1.54) is 44.9 Å². The average molecular weight is 311 g/mol. The highest BCUT2D eigenvalue weighted by atomic mass is 32.2. The van der Waals surface area contributed by atoms with Crippen molar-refractivity contribution < 1.29 is 8.78 Å². The van der Waals surface area contributed by atoms with E-state index >= 15 is 0 Å². The number of thioether (sulfide) groups is 1. The van der Waals surface area contributed by atoms with E-state index in [-0.39, 0.29) is 0 Å². The lowest BCUT2D eigenvalue weighted by atomic mass is 9.69. The first-order valence-corrected chi connectivity index (χ1v) is 8.90. The number of para-hydroxylation sites is 1. The molecule has 4 heteroatoms. The number of hydrogen-bond donors (Lipinski definition) is 1. The monoisotopic (exact) mass is 311 g/mol. The third kappa shape index (κ3) is 3.91. The number of halogens is 2. The highest BCUT2D eigenvalue weighted by molar-refractivity contribution is 7.99. The average Bonchev–Trinajstić information content (AvgIpc) is 2.49. The molecule has 1 aromatic rings. The summed E-state index contributed by atoms with van der Waals surface area (Å²) in [5.74, 6) is -0.593. The van der Waals surface area contributed by atoms with Crippen LogP contribution in [0.25, 0.3) is 0 Å². The van der Waals surface area contributed by atoms with Gasteiger partial charge in [-0.1, -0.05) is 49.6 Å². The van der Waals surface area contributed by atoms with Crippen LogP contribution in [-0.4, -0.2) is 11.8 Å². The fraction of sp³-hybridized carbons (Fsp3) is 0.647. The summed E-state index contributed by atoms with van der Waals surface area (Å²) in [6.45, 7) is 0. The Hall–Kier alpha value is -0.770. The zero-order valence-electron chi connectivity index (χ0n) is 12.2. The number of anilines is 1. The lowest BCUT2D eigenvalue weighted by molar-refractivity contribution is 0.162. The van der Waals surface area contributed by atoms with Gasteiger partial charge >= 0.3 is 0 Å². The fourth-order valence-electron chi connectivity index (χ4n) is 4.01. The molecule has 1 nitrogen and oxygen atoms in total. The van der Waals surface area contributed by atoms with Crippen molar-refractivity contribution >= 4 is 17.4 Å². The van der Waals surface area contributed by atoms with Gasteiger partial charge in [0.2, 0.25) is 0 Å². The van der Waals surface area contributed by atoms with E-state index < -0.39 is 5.76 Å². The van der Waals surface area contributed by atoms with Crippen LogP contribution in [0.1, 0.15) is 44.9 Å². The quantitative estimate of drug-likeness (QED) is 0.708. The van der Waals surface area contributed by atoms with Crippen molar-refractivity contribution in [2.24, 2.45) is 11.8 Å². The summed E-state index contributed by atoms with van der Waals surface area (Å²) in [7, 11) is 0. The number of hydrogen-bond acceptors (Lipinski definition) is 2. The smallest absolute Gasteiger partial charge is 0.288 e. The standard InChI is InChI=1S/C17H23F2NS/c18-17(19)21-16-8-4-3-7-15(16)20-14-10-9-12-5-1-2-6-13(12)11-14/h3-4,7-8,12-14,17,20H,1-2,5-6,9-11H2. The first-order valence-electron chi connectivity index (χ1n) is 8.03. The van der Waals surface area contributed by atoms with Gasteiger partial charge < -0.3 is 5.32 Å². The van der Waals surface area contributed by atoms with Crippen LogP contribution in [0.4, 0.5) is 14.5 Å². The van der Waals surface area contributed by atoms with E-state index in [9.17, 15) is 8.78 Å². The van der Waals surface area contributed by atoms with Crippen LogP contribution in [0.2, 0.25) is 0 Å². The molecule has 1 aromatic carbocycles. The van der Waals surface area contributed by atoms with Gasteiger partial charge in [0.1, 0.15) is 0 Å². The Balaban J connectivity index is 1.64. The molecule has 2 saturated carbocycles. The number of benzene rings is 1. The first-order chi connectivity index (χ1) is 10.2. The third-order valence-corrected chi connectivity index (χ3v) is 5.79. The lowest BCUT2D eigenvalue weighted by Gasteiger charge is -2.40. The molecule has 0 aliphatic heterocycles. The normalized spacial score (nSPS) is 29.2. The predicted molar refractivity (Wildman–Crippen MR) is 85.0 cm³/mol. The Kier molecular flexibility index (Phi) is 5.04. The lowest BCUT2D eigenvalue weighted by Crippen LogP contribution is -2.34. The van der Waals surface area contributed by atoms with Crippen LogP contribution in [0.3, 0.4) is 0 Å². The Morgan fingerprint density at radius 2 is 1.76 bits per heavy atom. The van der Waals surface area contributed by atoms with E-state index in [0.29, 0.717) is 22.7 Å². The first kappa shape index (κ1) is 15.1. The highest BCUT2D eigenvalue weighted by Gasteiger charge is 2.32. The minimum atomic E-state index is -2.36. The number of fused-ring (bicyclic) bond motifs is 1. The summed E-state index contributed by atoms with van der Waals surface area (Å²) in [4.78, 5) is 0.665. The molecule has 0 bridgehead atoms. The molecule has 0 radical (unpaired) electrons. The molecule has 2 aliphatic rings. The molecule has 0 saturated heterocycles. The third-order valence-electron chi connectivity index (χ3n) is 5.00. The van der Waals surface area contributed by atoms with Crippen molar-refractivity contribution in [2.75, 3.05) is 5.32 Å². The summed E-state index contributed by atoms with van der Waals surface area (Å²) in [6.07, 6.45) is 9.20. The molecule has 0 amide bonds. The van der Waals surface area contributed by atoms with Crippen LogP contribution >= 0.6 is 11.8 Å². The van der Waals surface area contributed by atoms with Crippen LogP contribution in [0, 0.1) is 11.8 Å². The predicted octanol–water partition coefficient (Wildman–Crippen LogP) is 5.77. The van der Waals surface area contributed by atoms with Crippen LogP contribution in [0.5, 0.6) is 0 Å². The van der Waals surface area contributed by atoms with Gasteiger partial charge in [-0.25, -0.2) is 0 Å². The van der Waals surface area contributed by atoms with Gasteiger partial charge in [0.05, 0.1) is 0 Å². The van der Waals surface area contributed by atoms with Crippen LogP contribution < -0.4 is 5.32 Å². The zero-order valence-corrected chi connectivity index (χ0v) is 13.0. The summed E-state index contributed by atoms with van der Waals surface area (Å²) < 4.78 is 25.3. The van der Waals surface area contributed by atoms with Crippen molar-refractivity contribution in [3.8, 4) is 0 Å². The van der Waals surface area contributed by atoms with E-state index in [0.717, 1.165) is 17.5 Å². The van der Waals surface area contributed by atoms with E-state index in [1.807, 2.05) is 18.2 Å². The van der Waals surface area contributed by atoms with Gasteiger partial charge in [-0.3, -0.25) is 0 Å². The molecule has 3 rings (SSSR count). The van der Waals surface area contributed by atoms with Gasteiger partial charge in [0.25, 0.3) is 5.76 Å². The van der Waals surface area contributed by atoms with E-state index in [1.54, 1.807) is 6.07 Å². The van der Waals surface area contributed by atoms with Gasteiger partial charge in [0.15, 0.2) is 0 Å². The maximum Gasteiger partial charge on any atom is 0.288 e. The second-order valence-electron chi connectivity index (χ2n) is 6.33. The molecule has 3 atom stereocenters. The van der Waals surface area contributed by atoms with E-state index in [4.69, 9.17) is 0 Å². The maximum absolute atomic E-state index is 12.6. The molecule has 2 aliphatic carbocycles. The molecule has 21 heavy (non-hydrogen) atoms. The van der Waals surface area contributed by atoms with Gasteiger partial charge in [0, 0.05) is 16.6 Å². The molecular weight excluding hydrogens is 288 g/mol. The second-order valence-corrected chi connectivity index (χ2v) is 7.37. The Bertz CT molecular complexity index is 466. The topological polar surface area (TPSA) is 12.0 Å². The number of nitrogens with one attached hydrogen (secondary N) is 1. The zero-order chi connectivity index (χ0) is 14.7. The SMILES string of the molecule is FC(F)Sc1ccccc1NC1CCC2CCCCC2C1. The fourth-order valence-corrected chi connectivity index (χ4v) is 4.61. The Morgan fingerprint density at radius 1 is 1.00 bits per heavy atom. The Labute approximate surface area is 129 Å². The number of rotatable bonds is 4. The highest BCUT2D eigenvalue weighted by Crippen LogP contribution is 2.42. The molecule has 1 N–H and O–H groups in total. The van der Waals surface area contributed by atoms with Crippen molar-refractivity contribution in [2.45, 2.75) is 61.6 Å². The molecular formula is C17H23F2NS. The van der Waals surface area contributed by atoms with Gasteiger partial charge in [-0.2, -0.15) is 8.78 Å². The second kappa shape index (κ2) is 6.99. The summed E-state index contributed by atoms with van der Waals surface area (Å²) in [6, 6.07) is 7.91. The van der Waals surface area contributed by atoms with E-state index in [2.05, 4.69) is 5.32 Å². The van der Waals surface area contributed by atoms with Crippen molar-refractivity contribution in [1.29, 1.82) is 0 Å². The van der Waals surface area contributed by atoms with Crippen LogP contribution in [0.15, 0.2) is 29.2 Å². The minimum Gasteiger partial charge on any atom is -0.381 e. The summed E-state index contributed by atoms with van der Waals surface area (Å²) in [5.41, 5.74) is 0.877. The van der Waals surface area contributed by atoms with Crippen LogP contribution in [-0.2, 0) is 0 Å². The summed E-state index contributed by atoms with van der Waals surface area (Å²) in [5, 5.41) is 3.53. The molecule has 0 spiro atoms. The molecule has 116 valence electrons. The molecule has 2 fully saturated rings. The van der Waals surface area contributed by atoms with Crippen molar-refractivity contribution in [1.82, 2.24) is 0 Å². The summed E-state index contributed by atoms with van der Waals surface area (Å²) >= 11 is 0.641. The molecule has 0 aromatic heterocycles. The number of alkyl halides is 2. The van der Waals surface area contributed by atoms with Gasteiger partial charge in [-0.15, -0.1) is 0 Å².